The molecule has 1 aliphatic carbocycles. The van der Waals surface area contributed by atoms with Crippen molar-refractivity contribution in [3.8, 4) is 0 Å². The molecule has 0 aromatic rings. The van der Waals surface area contributed by atoms with Gasteiger partial charge in [0, 0.05) is 31.6 Å². The third kappa shape index (κ3) is 0.829. The van der Waals surface area contributed by atoms with Gasteiger partial charge in [0.2, 0.25) is 5.91 Å². The van der Waals surface area contributed by atoms with Crippen molar-refractivity contribution >= 4 is 5.91 Å². The molecule has 0 spiro atoms. The number of nitrogens with one attached hydrogen (secondary N) is 1. The van der Waals surface area contributed by atoms with E-state index in [1.807, 2.05) is 0 Å². The zero-order valence-corrected chi connectivity index (χ0v) is 7.12. The lowest BCUT2D eigenvalue weighted by Gasteiger charge is -2.16. The fourth-order valence-corrected chi connectivity index (χ4v) is 2.48. The molecule has 12 heavy (non-hydrogen) atoms. The Balaban J connectivity index is 1.80. The molecule has 3 heteroatoms. The van der Waals surface area contributed by atoms with Crippen LogP contribution < -0.4 is 5.32 Å². The van der Waals surface area contributed by atoms with E-state index >= 15 is 0 Å². The third-order valence-corrected chi connectivity index (χ3v) is 3.36. The predicted molar refractivity (Wildman–Crippen MR) is 44.6 cm³/mol. The van der Waals surface area contributed by atoms with E-state index in [1.165, 1.54) is 12.8 Å². The van der Waals surface area contributed by atoms with Gasteiger partial charge in [-0.2, -0.15) is 0 Å². The van der Waals surface area contributed by atoms with Gasteiger partial charge >= 0.3 is 0 Å². The second-order valence-corrected chi connectivity index (χ2v) is 4.25. The molecule has 2 atom stereocenters. The van der Waals surface area contributed by atoms with E-state index in [1.54, 1.807) is 0 Å². The van der Waals surface area contributed by atoms with Crippen molar-refractivity contribution in [1.82, 2.24) is 10.2 Å². The summed E-state index contributed by atoms with van der Waals surface area (Å²) in [5, 5.41) is 3.29. The highest BCUT2D eigenvalue weighted by Crippen LogP contribution is 2.36. The Kier molecular flexibility index (Phi) is 1.28. The topological polar surface area (TPSA) is 32.3 Å². The van der Waals surface area contributed by atoms with E-state index in [2.05, 4.69) is 10.2 Å². The van der Waals surface area contributed by atoms with Gasteiger partial charge in [-0.1, -0.05) is 0 Å². The Morgan fingerprint density at radius 1 is 1.33 bits per heavy atom. The van der Waals surface area contributed by atoms with Gasteiger partial charge in [-0.25, -0.2) is 0 Å². The number of hydrogen-bond acceptors (Lipinski definition) is 2. The molecule has 0 aromatic heterocycles. The SMILES string of the molecule is O=C1C2CNCC2CN1C1CC1. The molecule has 0 aromatic carbocycles. The third-order valence-electron chi connectivity index (χ3n) is 3.36. The summed E-state index contributed by atoms with van der Waals surface area (Å²) in [6, 6.07) is 0.628. The van der Waals surface area contributed by atoms with Gasteiger partial charge in [-0.3, -0.25) is 4.79 Å². The van der Waals surface area contributed by atoms with Crippen LogP contribution >= 0.6 is 0 Å². The number of nitrogens with zero attached hydrogens (tertiary/aromatic N) is 1. The lowest BCUT2D eigenvalue weighted by molar-refractivity contribution is -0.131. The molecule has 1 N–H and O–H groups in total. The van der Waals surface area contributed by atoms with Crippen molar-refractivity contribution in [3.63, 3.8) is 0 Å². The molecule has 0 bridgehead atoms. The van der Waals surface area contributed by atoms with E-state index in [9.17, 15) is 4.79 Å². The zero-order chi connectivity index (χ0) is 8.13. The van der Waals surface area contributed by atoms with Gasteiger partial charge in [0.1, 0.15) is 0 Å². The maximum absolute atomic E-state index is 11.8. The van der Waals surface area contributed by atoms with Crippen molar-refractivity contribution in [3.05, 3.63) is 0 Å². The first-order valence-electron chi connectivity index (χ1n) is 4.87. The fourth-order valence-electron chi connectivity index (χ4n) is 2.48. The van der Waals surface area contributed by atoms with Crippen molar-refractivity contribution in [2.45, 2.75) is 18.9 Å². The molecule has 1 amide bonds. The average Bonchev–Trinajstić information content (AvgIpc) is 2.71. The van der Waals surface area contributed by atoms with Gasteiger partial charge in [0.25, 0.3) is 0 Å². The minimum Gasteiger partial charge on any atom is -0.339 e. The normalized spacial score (nSPS) is 40.7. The summed E-state index contributed by atoms with van der Waals surface area (Å²) >= 11 is 0. The molecule has 2 saturated heterocycles. The summed E-state index contributed by atoms with van der Waals surface area (Å²) in [6.45, 7) is 3.01. The molecular formula is C9H14N2O. The van der Waals surface area contributed by atoms with E-state index in [0.717, 1.165) is 19.6 Å². The summed E-state index contributed by atoms with van der Waals surface area (Å²) in [7, 11) is 0. The summed E-state index contributed by atoms with van der Waals surface area (Å²) in [4.78, 5) is 13.9. The fraction of sp³-hybridized carbons (Fsp3) is 0.889. The van der Waals surface area contributed by atoms with Gasteiger partial charge in [-0.05, 0) is 12.8 Å². The minimum atomic E-state index is 0.325. The Hall–Kier alpha value is -0.570. The van der Waals surface area contributed by atoms with Crippen molar-refractivity contribution in [1.29, 1.82) is 0 Å². The molecule has 2 heterocycles. The Morgan fingerprint density at radius 3 is 2.83 bits per heavy atom. The number of carbonyl (C=O) groups is 1. The lowest BCUT2D eigenvalue weighted by Crippen LogP contribution is -2.32. The summed E-state index contributed by atoms with van der Waals surface area (Å²) in [5.74, 6) is 1.37. The predicted octanol–water partition coefficient (Wildman–Crippen LogP) is -0.173. The molecule has 3 nitrogen and oxygen atoms in total. The van der Waals surface area contributed by atoms with Crippen LogP contribution in [0.5, 0.6) is 0 Å². The smallest absolute Gasteiger partial charge is 0.227 e. The zero-order valence-electron chi connectivity index (χ0n) is 7.12. The van der Waals surface area contributed by atoms with Gasteiger partial charge in [0.15, 0.2) is 0 Å². The van der Waals surface area contributed by atoms with Crippen LogP contribution in [0, 0.1) is 11.8 Å². The Morgan fingerprint density at radius 2 is 2.17 bits per heavy atom. The van der Waals surface area contributed by atoms with Crippen LogP contribution in [0.1, 0.15) is 12.8 Å². The molecule has 66 valence electrons. The van der Waals surface area contributed by atoms with E-state index in [0.29, 0.717) is 23.8 Å². The molecule has 3 rings (SSSR count). The van der Waals surface area contributed by atoms with Crippen LogP contribution in [0.3, 0.4) is 0 Å². The molecule has 2 unspecified atom stereocenters. The number of rotatable bonds is 1. The monoisotopic (exact) mass is 166 g/mol. The molecule has 2 aliphatic heterocycles. The van der Waals surface area contributed by atoms with Crippen LogP contribution in [0.25, 0.3) is 0 Å². The summed E-state index contributed by atoms with van der Waals surface area (Å²) in [5.41, 5.74) is 0. The largest absolute Gasteiger partial charge is 0.339 e. The molecule has 0 radical (unpaired) electrons. The lowest BCUT2D eigenvalue weighted by atomic mass is 10.0. The first-order chi connectivity index (χ1) is 5.86. The summed E-state index contributed by atoms with van der Waals surface area (Å²) < 4.78 is 0. The van der Waals surface area contributed by atoms with E-state index in [4.69, 9.17) is 0 Å². The van der Waals surface area contributed by atoms with Crippen LogP contribution in [0.15, 0.2) is 0 Å². The number of fused-ring (bicyclic) bond motifs is 1. The maximum Gasteiger partial charge on any atom is 0.227 e. The van der Waals surface area contributed by atoms with Crippen LogP contribution in [-0.2, 0) is 4.79 Å². The van der Waals surface area contributed by atoms with E-state index in [-0.39, 0.29) is 0 Å². The van der Waals surface area contributed by atoms with Crippen molar-refractivity contribution < 1.29 is 4.79 Å². The second-order valence-electron chi connectivity index (χ2n) is 4.25. The first kappa shape index (κ1) is 6.89. The highest BCUT2D eigenvalue weighted by atomic mass is 16.2. The van der Waals surface area contributed by atoms with Crippen molar-refractivity contribution in [2.75, 3.05) is 19.6 Å². The molecule has 3 fully saturated rings. The molecular weight excluding hydrogens is 152 g/mol. The quantitative estimate of drug-likeness (QED) is 0.586. The Labute approximate surface area is 72.1 Å². The highest BCUT2D eigenvalue weighted by molar-refractivity contribution is 5.82. The molecule has 3 aliphatic rings. The molecule has 1 saturated carbocycles. The van der Waals surface area contributed by atoms with Crippen molar-refractivity contribution in [2.24, 2.45) is 11.8 Å². The second kappa shape index (κ2) is 2.22. The number of carbonyl (C=O) groups excluding carboxylic acids is 1. The Bertz CT molecular complexity index is 225. The van der Waals surface area contributed by atoms with Gasteiger partial charge < -0.3 is 10.2 Å². The first-order valence-corrected chi connectivity index (χ1v) is 4.87. The number of amides is 1. The highest BCUT2D eigenvalue weighted by Gasteiger charge is 2.47. The summed E-state index contributed by atoms with van der Waals surface area (Å²) in [6.07, 6.45) is 2.50. The van der Waals surface area contributed by atoms with Crippen LogP contribution in [0.2, 0.25) is 0 Å². The van der Waals surface area contributed by atoms with Crippen LogP contribution in [0.4, 0.5) is 0 Å². The average molecular weight is 166 g/mol. The minimum absolute atomic E-state index is 0.325. The maximum atomic E-state index is 11.8. The van der Waals surface area contributed by atoms with E-state index < -0.39 is 0 Å². The number of hydrogen-bond donors (Lipinski definition) is 1. The van der Waals surface area contributed by atoms with Crippen LogP contribution in [-0.4, -0.2) is 36.5 Å². The van der Waals surface area contributed by atoms with Gasteiger partial charge in [0.05, 0.1) is 5.92 Å². The number of likely N-dealkylation sites (tertiary alicyclic amines) is 1. The van der Waals surface area contributed by atoms with Gasteiger partial charge in [-0.15, -0.1) is 0 Å². The standard InChI is InChI=1S/C9H14N2O/c12-9-8-4-10-3-6(8)5-11(9)7-1-2-7/h6-8,10H,1-5H2.